The number of carbonyl (C=O) groups excluding carboxylic acids is 1. The van der Waals surface area contributed by atoms with Crippen LogP contribution in [-0.2, 0) is 14.3 Å². The Morgan fingerprint density at radius 3 is 1.21 bits per heavy atom. The van der Waals surface area contributed by atoms with Crippen LogP contribution in [0.25, 0.3) is 0 Å². The number of nitrogens with one attached hydrogen (secondary N) is 1. The van der Waals surface area contributed by atoms with Gasteiger partial charge in [0.2, 0.25) is 5.91 Å². The molecule has 10 heteroatoms. The fourth-order valence-electron chi connectivity index (χ4n) is 9.97. The van der Waals surface area contributed by atoms with Crippen LogP contribution < -0.4 is 5.32 Å². The van der Waals surface area contributed by atoms with Crippen molar-refractivity contribution in [2.24, 2.45) is 0 Å². The quantitative estimate of drug-likeness (QED) is 0.0232. The zero-order valence-corrected chi connectivity index (χ0v) is 46.4. The number of unbranched alkanes of at least 4 members (excludes halogenated alkanes) is 38. The molecule has 71 heavy (non-hydrogen) atoms. The number of aliphatic hydroxyl groups is 6. The molecule has 7 N–H and O–H groups in total. The van der Waals surface area contributed by atoms with E-state index in [-0.39, 0.29) is 6.61 Å². The maximum absolute atomic E-state index is 13.2. The second-order valence-corrected chi connectivity index (χ2v) is 21.6. The van der Waals surface area contributed by atoms with Crippen LogP contribution in [0.3, 0.4) is 0 Å². The molecule has 8 atom stereocenters. The standard InChI is InChI=1S/C61H117NO9/c1-3-5-7-9-11-13-15-17-19-20-21-22-23-24-25-26-27-28-29-30-31-32-33-34-35-36-38-40-42-44-46-48-50-55(65)60(69)62-53(52-70-61-59(68)58(67)57(66)56(51-63)71-61)54(64)49-47-45-43-41-39-37-18-16-14-12-10-8-6-4-2/h21-22,24-25,53-59,61,63-68H,3-20,23,26-52H2,1-2H3,(H,62,69)/b22-21-,25-24-. The molecule has 0 aromatic carbocycles. The third-order valence-corrected chi connectivity index (χ3v) is 14.9. The molecule has 1 heterocycles. The molecule has 8 unspecified atom stereocenters. The van der Waals surface area contributed by atoms with E-state index in [2.05, 4.69) is 43.5 Å². The van der Waals surface area contributed by atoms with Crippen LogP contribution >= 0.6 is 0 Å². The van der Waals surface area contributed by atoms with Gasteiger partial charge in [-0.1, -0.05) is 276 Å². The fraction of sp³-hybridized carbons (Fsp3) is 0.918. The summed E-state index contributed by atoms with van der Waals surface area (Å²) in [6, 6.07) is -0.892. The predicted molar refractivity (Wildman–Crippen MR) is 296 cm³/mol. The summed E-state index contributed by atoms with van der Waals surface area (Å²) in [5.41, 5.74) is 0. The van der Waals surface area contributed by atoms with E-state index in [0.29, 0.717) is 12.8 Å². The van der Waals surface area contributed by atoms with Gasteiger partial charge in [-0.15, -0.1) is 0 Å². The number of ether oxygens (including phenoxy) is 2. The van der Waals surface area contributed by atoms with E-state index in [1.807, 2.05) is 0 Å². The number of allylic oxidation sites excluding steroid dienone is 4. The van der Waals surface area contributed by atoms with E-state index in [1.165, 1.54) is 212 Å². The number of rotatable bonds is 53. The van der Waals surface area contributed by atoms with Crippen molar-refractivity contribution in [3.8, 4) is 0 Å². The third kappa shape index (κ3) is 39.7. The first-order valence-corrected chi connectivity index (χ1v) is 30.6. The van der Waals surface area contributed by atoms with E-state index in [4.69, 9.17) is 9.47 Å². The first kappa shape index (κ1) is 67.6. The Balaban J connectivity index is 2.14. The van der Waals surface area contributed by atoms with Gasteiger partial charge in [0.1, 0.15) is 30.5 Å². The van der Waals surface area contributed by atoms with Crippen molar-refractivity contribution in [3.63, 3.8) is 0 Å². The summed E-state index contributed by atoms with van der Waals surface area (Å²) in [6.45, 7) is 3.70. The van der Waals surface area contributed by atoms with Crippen molar-refractivity contribution in [2.45, 2.75) is 345 Å². The largest absolute Gasteiger partial charge is 0.394 e. The van der Waals surface area contributed by atoms with Crippen LogP contribution in [0.15, 0.2) is 24.3 Å². The zero-order chi connectivity index (χ0) is 51.7. The Labute approximate surface area is 437 Å². The highest BCUT2D eigenvalue weighted by Gasteiger charge is 2.44. The molecule has 1 aliphatic heterocycles. The molecule has 1 saturated heterocycles. The van der Waals surface area contributed by atoms with E-state index < -0.39 is 61.5 Å². The number of hydrogen-bond acceptors (Lipinski definition) is 9. The summed E-state index contributed by atoms with van der Waals surface area (Å²) in [5.74, 6) is -0.580. The van der Waals surface area contributed by atoms with Crippen molar-refractivity contribution in [3.05, 3.63) is 24.3 Å². The molecule has 0 saturated carbocycles. The number of aliphatic hydroxyl groups excluding tert-OH is 6. The summed E-state index contributed by atoms with van der Waals surface area (Å²) in [4.78, 5) is 13.2. The maximum Gasteiger partial charge on any atom is 0.249 e. The maximum atomic E-state index is 13.2. The van der Waals surface area contributed by atoms with Crippen molar-refractivity contribution in [2.75, 3.05) is 13.2 Å². The van der Waals surface area contributed by atoms with Crippen LogP contribution in [0.4, 0.5) is 0 Å². The molecule has 0 aromatic heterocycles. The molecule has 1 fully saturated rings. The lowest BCUT2D eigenvalue weighted by atomic mass is 9.99. The van der Waals surface area contributed by atoms with Crippen molar-refractivity contribution >= 4 is 5.91 Å². The van der Waals surface area contributed by atoms with Gasteiger partial charge in [-0.05, 0) is 44.9 Å². The molecule has 0 radical (unpaired) electrons. The second-order valence-electron chi connectivity index (χ2n) is 21.6. The lowest BCUT2D eigenvalue weighted by molar-refractivity contribution is -0.302. The molecule has 1 aliphatic rings. The van der Waals surface area contributed by atoms with Crippen LogP contribution in [0.5, 0.6) is 0 Å². The molecule has 1 amide bonds. The van der Waals surface area contributed by atoms with Crippen LogP contribution in [0.2, 0.25) is 0 Å². The van der Waals surface area contributed by atoms with Gasteiger partial charge in [0.15, 0.2) is 6.29 Å². The SMILES string of the molecule is CCCCCCCCCCC/C=C\C/C=C\CCCCCCCCCCCCCCCCCCC(O)C(=O)NC(COC1OC(CO)C(O)C(O)C1O)C(O)CCCCCCCCCCCCCCCC. The third-order valence-electron chi connectivity index (χ3n) is 14.9. The van der Waals surface area contributed by atoms with Gasteiger partial charge in [0.05, 0.1) is 25.4 Å². The Kier molecular flexibility index (Phi) is 48.4. The molecule has 0 aromatic rings. The van der Waals surface area contributed by atoms with E-state index in [9.17, 15) is 35.4 Å². The number of carbonyl (C=O) groups is 1. The highest BCUT2D eigenvalue weighted by Crippen LogP contribution is 2.23. The molecule has 0 aliphatic carbocycles. The first-order valence-electron chi connectivity index (χ1n) is 30.6. The van der Waals surface area contributed by atoms with Crippen LogP contribution in [-0.4, -0.2) is 98.7 Å². The minimum Gasteiger partial charge on any atom is -0.394 e. The minimum absolute atomic E-state index is 0.252. The average Bonchev–Trinajstić information content (AvgIpc) is 3.37. The number of amides is 1. The average molecular weight is 1010 g/mol. The molecule has 0 spiro atoms. The molecule has 10 nitrogen and oxygen atoms in total. The van der Waals surface area contributed by atoms with Crippen LogP contribution in [0.1, 0.15) is 296 Å². The monoisotopic (exact) mass is 1010 g/mol. The highest BCUT2D eigenvalue weighted by atomic mass is 16.7. The van der Waals surface area contributed by atoms with Gasteiger partial charge in [0.25, 0.3) is 0 Å². The molecule has 420 valence electrons. The summed E-state index contributed by atoms with van der Waals surface area (Å²) < 4.78 is 11.2. The predicted octanol–water partition coefficient (Wildman–Crippen LogP) is 14.3. The summed E-state index contributed by atoms with van der Waals surface area (Å²) >= 11 is 0. The molecular weight excluding hydrogens is 891 g/mol. The lowest BCUT2D eigenvalue weighted by Crippen LogP contribution is -2.60. The van der Waals surface area contributed by atoms with Crippen molar-refractivity contribution < 1.29 is 44.9 Å². The first-order chi connectivity index (χ1) is 34.8. The van der Waals surface area contributed by atoms with E-state index in [0.717, 1.165) is 57.8 Å². The lowest BCUT2D eigenvalue weighted by Gasteiger charge is -2.40. The topological polar surface area (TPSA) is 169 Å². The van der Waals surface area contributed by atoms with E-state index >= 15 is 0 Å². The second kappa shape index (κ2) is 50.8. The summed E-state index contributed by atoms with van der Waals surface area (Å²) in [7, 11) is 0. The summed E-state index contributed by atoms with van der Waals surface area (Å²) in [5, 5.41) is 65.2. The fourth-order valence-corrected chi connectivity index (χ4v) is 9.97. The van der Waals surface area contributed by atoms with Gasteiger partial charge in [-0.3, -0.25) is 4.79 Å². The smallest absolute Gasteiger partial charge is 0.249 e. The Morgan fingerprint density at radius 2 is 0.831 bits per heavy atom. The normalized spacial score (nSPS) is 19.8. The molecule has 0 bridgehead atoms. The number of hydrogen-bond donors (Lipinski definition) is 7. The minimum atomic E-state index is -1.60. The zero-order valence-electron chi connectivity index (χ0n) is 46.4. The Hall–Kier alpha value is -1.37. The van der Waals surface area contributed by atoms with Gasteiger partial charge >= 0.3 is 0 Å². The van der Waals surface area contributed by atoms with E-state index in [1.54, 1.807) is 0 Å². The highest BCUT2D eigenvalue weighted by molar-refractivity contribution is 5.80. The Bertz CT molecular complexity index is 1190. The van der Waals surface area contributed by atoms with Crippen molar-refractivity contribution in [1.82, 2.24) is 5.32 Å². The van der Waals surface area contributed by atoms with Gasteiger partial charge in [-0.2, -0.15) is 0 Å². The molecule has 1 rings (SSSR count). The van der Waals surface area contributed by atoms with Gasteiger partial charge in [0, 0.05) is 0 Å². The van der Waals surface area contributed by atoms with Gasteiger partial charge < -0.3 is 45.4 Å². The van der Waals surface area contributed by atoms with Crippen molar-refractivity contribution in [1.29, 1.82) is 0 Å². The molecular formula is C61H117NO9. The van der Waals surface area contributed by atoms with Gasteiger partial charge in [-0.25, -0.2) is 0 Å². The Morgan fingerprint density at radius 1 is 0.479 bits per heavy atom. The summed E-state index contributed by atoms with van der Waals surface area (Å²) in [6.07, 6.45) is 54.0. The van der Waals surface area contributed by atoms with Crippen LogP contribution in [0, 0.1) is 0 Å².